The summed E-state index contributed by atoms with van der Waals surface area (Å²) in [6.07, 6.45) is 3.06. The lowest BCUT2D eigenvalue weighted by atomic mass is 9.97. The number of rotatable bonds is 5. The molecule has 0 saturated carbocycles. The number of hydrogen-bond acceptors (Lipinski definition) is 5. The molecule has 0 aliphatic carbocycles. The highest BCUT2D eigenvalue weighted by Gasteiger charge is 2.38. The van der Waals surface area contributed by atoms with E-state index in [1.807, 2.05) is 17.9 Å². The summed E-state index contributed by atoms with van der Waals surface area (Å²) in [7, 11) is 1.99. The highest BCUT2D eigenvalue weighted by molar-refractivity contribution is 5.09. The van der Waals surface area contributed by atoms with E-state index in [1.54, 1.807) is 0 Å². The number of hydrogen-bond donors (Lipinski definition) is 1. The molecule has 3 fully saturated rings. The zero-order valence-corrected chi connectivity index (χ0v) is 11.9. The van der Waals surface area contributed by atoms with Crippen LogP contribution in [0, 0.1) is 0 Å². The summed E-state index contributed by atoms with van der Waals surface area (Å²) in [5.74, 6) is 0. The average molecular weight is 264 g/mol. The van der Waals surface area contributed by atoms with Crippen molar-refractivity contribution < 1.29 is 0 Å². The van der Waals surface area contributed by atoms with Crippen molar-refractivity contribution in [3.05, 3.63) is 11.9 Å². The van der Waals surface area contributed by atoms with Gasteiger partial charge in [0, 0.05) is 45.8 Å². The maximum Gasteiger partial charge on any atom is 0.0769 e. The molecule has 0 aromatic carbocycles. The third-order valence-corrected chi connectivity index (χ3v) is 4.39. The summed E-state index contributed by atoms with van der Waals surface area (Å²) in [6, 6.07) is 0.884. The summed E-state index contributed by atoms with van der Waals surface area (Å²) in [6.45, 7) is 9.25. The fourth-order valence-corrected chi connectivity index (χ4v) is 3.29. The Morgan fingerprint density at radius 1 is 1.37 bits per heavy atom. The average Bonchev–Trinajstić information content (AvgIpc) is 2.87. The Morgan fingerprint density at radius 2 is 2.16 bits per heavy atom. The molecule has 0 amide bonds. The van der Waals surface area contributed by atoms with Crippen molar-refractivity contribution in [3.63, 3.8) is 0 Å². The van der Waals surface area contributed by atoms with Gasteiger partial charge < -0.3 is 5.32 Å². The molecule has 0 radical (unpaired) electrons. The molecule has 3 aliphatic heterocycles. The van der Waals surface area contributed by atoms with Crippen LogP contribution in [-0.2, 0) is 7.05 Å². The van der Waals surface area contributed by atoms with Crippen LogP contribution in [0.15, 0.2) is 6.20 Å². The van der Waals surface area contributed by atoms with Gasteiger partial charge in [0.1, 0.15) is 0 Å². The summed E-state index contributed by atoms with van der Waals surface area (Å²) in [4.78, 5) is 5.20. The molecule has 3 saturated heterocycles. The first-order valence-electron chi connectivity index (χ1n) is 7.34. The van der Waals surface area contributed by atoms with E-state index in [1.165, 1.54) is 31.9 Å². The maximum atomic E-state index is 4.10. The van der Waals surface area contributed by atoms with Crippen molar-refractivity contribution in [2.24, 2.45) is 7.05 Å². The first-order chi connectivity index (χ1) is 9.29. The summed E-state index contributed by atoms with van der Waals surface area (Å²) in [5, 5.41) is 11.8. The van der Waals surface area contributed by atoms with E-state index < -0.39 is 0 Å². The van der Waals surface area contributed by atoms with Crippen LogP contribution in [0.25, 0.3) is 0 Å². The second-order valence-electron chi connectivity index (χ2n) is 5.62. The van der Waals surface area contributed by atoms with E-state index in [9.17, 15) is 0 Å². The molecule has 2 atom stereocenters. The molecule has 1 N–H and O–H groups in total. The van der Waals surface area contributed by atoms with Crippen LogP contribution in [-0.4, -0.2) is 70.1 Å². The SMILES string of the molecule is CCCNC(c1cnnn1C)C1CN2CCN1CC2. The van der Waals surface area contributed by atoms with Crippen molar-refractivity contribution in [1.29, 1.82) is 0 Å². The minimum absolute atomic E-state index is 0.336. The largest absolute Gasteiger partial charge is 0.307 e. The number of fused-ring (bicyclic) bond motifs is 3. The number of piperazine rings is 3. The fourth-order valence-electron chi connectivity index (χ4n) is 3.29. The normalized spacial score (nSPS) is 31.6. The van der Waals surface area contributed by atoms with Crippen molar-refractivity contribution in [2.45, 2.75) is 25.4 Å². The molecule has 1 aromatic heterocycles. The third kappa shape index (κ3) is 2.52. The van der Waals surface area contributed by atoms with Crippen molar-refractivity contribution in [2.75, 3.05) is 39.3 Å². The number of aryl methyl sites for hydroxylation is 1. The lowest BCUT2D eigenvalue weighted by Crippen LogP contribution is -2.64. The van der Waals surface area contributed by atoms with Crippen LogP contribution >= 0.6 is 0 Å². The minimum atomic E-state index is 0.336. The van der Waals surface area contributed by atoms with E-state index in [0.29, 0.717) is 12.1 Å². The van der Waals surface area contributed by atoms with Crippen LogP contribution in [0.2, 0.25) is 0 Å². The first kappa shape index (κ1) is 13.0. The summed E-state index contributed by atoms with van der Waals surface area (Å²) >= 11 is 0. The molecular weight excluding hydrogens is 240 g/mol. The number of nitrogens with zero attached hydrogens (tertiary/aromatic N) is 5. The molecule has 2 unspecified atom stereocenters. The van der Waals surface area contributed by atoms with Crippen molar-refractivity contribution in [3.8, 4) is 0 Å². The van der Waals surface area contributed by atoms with Crippen LogP contribution in [0.1, 0.15) is 25.1 Å². The quantitative estimate of drug-likeness (QED) is 0.802. The van der Waals surface area contributed by atoms with Gasteiger partial charge in [-0.05, 0) is 13.0 Å². The second kappa shape index (κ2) is 5.56. The van der Waals surface area contributed by atoms with Gasteiger partial charge >= 0.3 is 0 Å². The fraction of sp³-hybridized carbons (Fsp3) is 0.846. The Kier molecular flexibility index (Phi) is 3.81. The molecule has 4 rings (SSSR count). The Hall–Kier alpha value is -0.980. The zero-order chi connectivity index (χ0) is 13.2. The minimum Gasteiger partial charge on any atom is -0.307 e. The Labute approximate surface area is 114 Å². The van der Waals surface area contributed by atoms with Crippen LogP contribution in [0.4, 0.5) is 0 Å². The number of aromatic nitrogens is 3. The van der Waals surface area contributed by atoms with E-state index >= 15 is 0 Å². The molecule has 2 bridgehead atoms. The Morgan fingerprint density at radius 3 is 2.68 bits per heavy atom. The van der Waals surface area contributed by atoms with E-state index in [-0.39, 0.29) is 0 Å². The molecule has 19 heavy (non-hydrogen) atoms. The second-order valence-corrected chi connectivity index (χ2v) is 5.62. The Balaban J connectivity index is 1.81. The summed E-state index contributed by atoms with van der Waals surface area (Å²) in [5.41, 5.74) is 1.20. The lowest BCUT2D eigenvalue weighted by Gasteiger charge is -2.50. The molecule has 6 nitrogen and oxygen atoms in total. The van der Waals surface area contributed by atoms with Gasteiger partial charge in [-0.2, -0.15) is 0 Å². The first-order valence-corrected chi connectivity index (χ1v) is 7.34. The van der Waals surface area contributed by atoms with Gasteiger partial charge in [-0.3, -0.25) is 14.5 Å². The highest BCUT2D eigenvalue weighted by Crippen LogP contribution is 2.26. The van der Waals surface area contributed by atoms with Gasteiger partial charge in [-0.25, -0.2) is 0 Å². The molecule has 1 aromatic rings. The third-order valence-electron chi connectivity index (χ3n) is 4.39. The number of nitrogens with one attached hydrogen (secondary N) is 1. The predicted molar refractivity (Wildman–Crippen MR) is 73.8 cm³/mol. The molecule has 4 heterocycles. The summed E-state index contributed by atoms with van der Waals surface area (Å²) < 4.78 is 1.91. The maximum absolute atomic E-state index is 4.10. The van der Waals surface area contributed by atoms with E-state index in [2.05, 4.69) is 32.4 Å². The highest BCUT2D eigenvalue weighted by atomic mass is 15.4. The van der Waals surface area contributed by atoms with E-state index in [0.717, 1.165) is 19.5 Å². The van der Waals surface area contributed by atoms with Crippen molar-refractivity contribution >= 4 is 0 Å². The van der Waals surface area contributed by atoms with Crippen LogP contribution in [0.3, 0.4) is 0 Å². The van der Waals surface area contributed by atoms with Crippen molar-refractivity contribution in [1.82, 2.24) is 30.1 Å². The topological polar surface area (TPSA) is 49.2 Å². The zero-order valence-electron chi connectivity index (χ0n) is 11.9. The lowest BCUT2D eigenvalue weighted by molar-refractivity contribution is -0.00482. The van der Waals surface area contributed by atoms with Gasteiger partial charge in [-0.1, -0.05) is 12.1 Å². The van der Waals surface area contributed by atoms with Gasteiger partial charge in [0.15, 0.2) is 0 Å². The van der Waals surface area contributed by atoms with Gasteiger partial charge in [0.05, 0.1) is 17.9 Å². The molecule has 6 heteroatoms. The molecule has 3 aliphatic rings. The van der Waals surface area contributed by atoms with Crippen LogP contribution in [0.5, 0.6) is 0 Å². The molecule has 0 spiro atoms. The smallest absolute Gasteiger partial charge is 0.0769 e. The van der Waals surface area contributed by atoms with Gasteiger partial charge in [-0.15, -0.1) is 5.10 Å². The predicted octanol–water partition coefficient (Wildman–Crippen LogP) is -0.144. The van der Waals surface area contributed by atoms with Gasteiger partial charge in [0.2, 0.25) is 0 Å². The monoisotopic (exact) mass is 264 g/mol. The Bertz CT molecular complexity index is 409. The molecule has 106 valence electrons. The van der Waals surface area contributed by atoms with Crippen LogP contribution < -0.4 is 5.32 Å². The standard InChI is InChI=1S/C13H24N6/c1-3-4-14-13(11-9-15-16-17(11)2)12-10-18-5-7-19(12)8-6-18/h9,12-14H,3-8,10H2,1-2H3. The van der Waals surface area contributed by atoms with E-state index in [4.69, 9.17) is 0 Å². The molecular formula is C13H24N6. The van der Waals surface area contributed by atoms with Gasteiger partial charge in [0.25, 0.3) is 0 Å².